The summed E-state index contributed by atoms with van der Waals surface area (Å²) in [5, 5.41) is 0.576. The highest BCUT2D eigenvalue weighted by atomic mass is 35.5. The molecule has 1 fully saturated rings. The van der Waals surface area contributed by atoms with Crippen LogP contribution in [0.3, 0.4) is 0 Å². The fourth-order valence-corrected chi connectivity index (χ4v) is 6.30. The van der Waals surface area contributed by atoms with Gasteiger partial charge < -0.3 is 4.74 Å². The highest BCUT2D eigenvalue weighted by molar-refractivity contribution is 7.91. The monoisotopic (exact) mass is 386 g/mol. The number of thiophene rings is 1. The van der Waals surface area contributed by atoms with Crippen LogP contribution < -0.4 is 4.74 Å². The summed E-state index contributed by atoms with van der Waals surface area (Å²) in [7, 11) is -3.46. The van der Waals surface area contributed by atoms with Crippen molar-refractivity contribution >= 4 is 54.5 Å². The van der Waals surface area contributed by atoms with Crippen LogP contribution in [0.4, 0.5) is 0 Å². The molecule has 0 spiro atoms. The Morgan fingerprint density at radius 3 is 2.65 bits per heavy atom. The van der Waals surface area contributed by atoms with Crippen LogP contribution in [0.15, 0.2) is 40.6 Å². The standard InChI is InChI=1S/C14H11ClN2O3S3/c15-12-5-6-13(22-12)23(18,19)17-7-9(8-17)20-14-16-10-3-1-2-4-11(10)21-14/h1-6,9H,7-8H2. The summed E-state index contributed by atoms with van der Waals surface area (Å²) in [5.41, 5.74) is 0.893. The molecule has 0 N–H and O–H groups in total. The Morgan fingerprint density at radius 2 is 1.96 bits per heavy atom. The molecule has 3 aromatic rings. The summed E-state index contributed by atoms with van der Waals surface area (Å²) in [4.78, 5) is 4.40. The van der Waals surface area contributed by atoms with Gasteiger partial charge in [-0.05, 0) is 24.3 Å². The molecule has 0 saturated carbocycles. The van der Waals surface area contributed by atoms with E-state index < -0.39 is 10.0 Å². The number of ether oxygens (including phenoxy) is 1. The van der Waals surface area contributed by atoms with E-state index in [4.69, 9.17) is 16.3 Å². The zero-order valence-electron chi connectivity index (χ0n) is 11.7. The maximum Gasteiger partial charge on any atom is 0.274 e. The molecule has 1 saturated heterocycles. The van der Waals surface area contributed by atoms with E-state index in [-0.39, 0.29) is 10.3 Å². The third-order valence-corrected chi connectivity index (χ3v) is 7.96. The van der Waals surface area contributed by atoms with E-state index in [1.807, 2.05) is 24.3 Å². The topological polar surface area (TPSA) is 59.5 Å². The highest BCUT2D eigenvalue weighted by Crippen LogP contribution is 2.33. The summed E-state index contributed by atoms with van der Waals surface area (Å²) in [6, 6.07) is 10.9. The second-order valence-corrected chi connectivity index (χ2v) is 9.94. The molecule has 23 heavy (non-hydrogen) atoms. The number of hydrogen-bond donors (Lipinski definition) is 0. The molecule has 0 amide bonds. The van der Waals surface area contributed by atoms with Gasteiger partial charge >= 0.3 is 0 Å². The Kier molecular flexibility index (Phi) is 3.81. The van der Waals surface area contributed by atoms with Gasteiger partial charge in [0.2, 0.25) is 0 Å². The minimum Gasteiger partial charge on any atom is -0.464 e. The minimum atomic E-state index is -3.46. The van der Waals surface area contributed by atoms with Crippen LogP contribution in [0.5, 0.6) is 5.19 Å². The lowest BCUT2D eigenvalue weighted by Crippen LogP contribution is -2.55. The predicted molar refractivity (Wildman–Crippen MR) is 92.1 cm³/mol. The fourth-order valence-electron chi connectivity index (χ4n) is 2.28. The van der Waals surface area contributed by atoms with Gasteiger partial charge in [0.15, 0.2) is 0 Å². The summed E-state index contributed by atoms with van der Waals surface area (Å²) in [6.07, 6.45) is -0.166. The number of para-hydroxylation sites is 1. The maximum atomic E-state index is 12.4. The van der Waals surface area contributed by atoms with Crippen molar-refractivity contribution in [3.8, 4) is 5.19 Å². The molecule has 4 rings (SSSR count). The molecule has 120 valence electrons. The molecule has 1 aliphatic heterocycles. The van der Waals surface area contributed by atoms with Crippen molar-refractivity contribution in [2.75, 3.05) is 13.1 Å². The second kappa shape index (κ2) is 5.71. The van der Waals surface area contributed by atoms with Crippen LogP contribution in [-0.2, 0) is 10.0 Å². The molecule has 0 bridgehead atoms. The number of thiazole rings is 1. The number of hydrogen-bond acceptors (Lipinski definition) is 6. The largest absolute Gasteiger partial charge is 0.464 e. The Labute approximate surface area is 146 Å². The normalized spacial score (nSPS) is 16.6. The van der Waals surface area contributed by atoms with Gasteiger partial charge in [-0.25, -0.2) is 13.4 Å². The van der Waals surface area contributed by atoms with Crippen molar-refractivity contribution in [1.82, 2.24) is 9.29 Å². The molecule has 2 aromatic heterocycles. The first-order chi connectivity index (χ1) is 11.0. The van der Waals surface area contributed by atoms with Gasteiger partial charge in [-0.3, -0.25) is 0 Å². The summed E-state index contributed by atoms with van der Waals surface area (Å²) >= 11 is 8.34. The Morgan fingerprint density at radius 1 is 1.17 bits per heavy atom. The summed E-state index contributed by atoms with van der Waals surface area (Å²) in [5.74, 6) is 0. The molecular formula is C14H11ClN2O3S3. The number of sulfonamides is 1. The Balaban J connectivity index is 1.43. The third kappa shape index (κ3) is 2.85. The fraction of sp³-hybridized carbons (Fsp3) is 0.214. The maximum absolute atomic E-state index is 12.4. The zero-order valence-corrected chi connectivity index (χ0v) is 14.9. The number of aromatic nitrogens is 1. The molecule has 0 atom stereocenters. The lowest BCUT2D eigenvalue weighted by molar-refractivity contribution is 0.0763. The number of halogens is 1. The summed E-state index contributed by atoms with van der Waals surface area (Å²) in [6.45, 7) is 0.654. The van der Waals surface area contributed by atoms with Crippen LogP contribution in [-0.4, -0.2) is 36.9 Å². The highest BCUT2D eigenvalue weighted by Gasteiger charge is 2.39. The van der Waals surface area contributed by atoms with Gasteiger partial charge in [0.05, 0.1) is 27.6 Å². The average molecular weight is 387 g/mol. The van der Waals surface area contributed by atoms with E-state index >= 15 is 0 Å². The molecule has 9 heteroatoms. The van der Waals surface area contributed by atoms with E-state index in [1.54, 1.807) is 6.07 Å². The molecular weight excluding hydrogens is 376 g/mol. The van der Waals surface area contributed by atoms with Gasteiger partial charge in [-0.15, -0.1) is 11.3 Å². The SMILES string of the molecule is O=S(=O)(c1ccc(Cl)s1)N1CC(Oc2nc3ccccc3s2)C1. The van der Waals surface area contributed by atoms with Crippen molar-refractivity contribution in [1.29, 1.82) is 0 Å². The van der Waals surface area contributed by atoms with Crippen LogP contribution >= 0.6 is 34.3 Å². The van der Waals surface area contributed by atoms with E-state index in [1.165, 1.54) is 21.7 Å². The smallest absolute Gasteiger partial charge is 0.274 e. The van der Waals surface area contributed by atoms with Crippen molar-refractivity contribution in [2.45, 2.75) is 10.3 Å². The number of fused-ring (bicyclic) bond motifs is 1. The van der Waals surface area contributed by atoms with Crippen molar-refractivity contribution in [3.63, 3.8) is 0 Å². The van der Waals surface area contributed by atoms with Crippen molar-refractivity contribution in [3.05, 3.63) is 40.7 Å². The van der Waals surface area contributed by atoms with Gasteiger partial charge in [-0.1, -0.05) is 35.1 Å². The second-order valence-electron chi connectivity index (χ2n) is 5.07. The van der Waals surface area contributed by atoms with Crippen LogP contribution in [0.25, 0.3) is 10.2 Å². The first-order valence-corrected chi connectivity index (χ1v) is 10.3. The Hall–Kier alpha value is -1.19. The molecule has 3 heterocycles. The quantitative estimate of drug-likeness (QED) is 0.689. The zero-order chi connectivity index (χ0) is 16.0. The average Bonchev–Trinajstić information content (AvgIpc) is 3.07. The van der Waals surface area contributed by atoms with Gasteiger partial charge in [0, 0.05) is 0 Å². The van der Waals surface area contributed by atoms with E-state index in [9.17, 15) is 8.42 Å². The number of benzene rings is 1. The van der Waals surface area contributed by atoms with Crippen molar-refractivity contribution < 1.29 is 13.2 Å². The first kappa shape index (κ1) is 15.3. The van der Waals surface area contributed by atoms with E-state index in [0.29, 0.717) is 22.6 Å². The first-order valence-electron chi connectivity index (χ1n) is 6.80. The molecule has 0 unspecified atom stereocenters. The molecule has 1 aliphatic rings. The lowest BCUT2D eigenvalue weighted by Gasteiger charge is -2.36. The van der Waals surface area contributed by atoms with Gasteiger partial charge in [0.1, 0.15) is 10.3 Å². The van der Waals surface area contributed by atoms with Gasteiger partial charge in [0.25, 0.3) is 15.2 Å². The number of nitrogens with zero attached hydrogens (tertiary/aromatic N) is 2. The molecule has 1 aromatic carbocycles. The third-order valence-electron chi connectivity index (χ3n) is 3.50. The molecule has 0 aliphatic carbocycles. The van der Waals surface area contributed by atoms with Crippen LogP contribution in [0, 0.1) is 0 Å². The van der Waals surface area contributed by atoms with Crippen molar-refractivity contribution in [2.24, 2.45) is 0 Å². The molecule has 5 nitrogen and oxygen atoms in total. The van der Waals surface area contributed by atoms with Gasteiger partial charge in [-0.2, -0.15) is 4.31 Å². The van der Waals surface area contributed by atoms with E-state index in [2.05, 4.69) is 4.98 Å². The van der Waals surface area contributed by atoms with Crippen LogP contribution in [0.2, 0.25) is 4.34 Å². The van der Waals surface area contributed by atoms with Crippen LogP contribution in [0.1, 0.15) is 0 Å². The van der Waals surface area contributed by atoms with E-state index in [0.717, 1.165) is 21.6 Å². The Bertz CT molecular complexity index is 927. The lowest BCUT2D eigenvalue weighted by atomic mass is 10.2. The predicted octanol–water partition coefficient (Wildman–Crippen LogP) is 3.46. The summed E-state index contributed by atoms with van der Waals surface area (Å²) < 4.78 is 33.7. The molecule has 0 radical (unpaired) electrons. The minimum absolute atomic E-state index is 0.166. The number of rotatable bonds is 4.